The van der Waals surface area contributed by atoms with E-state index >= 15 is 0 Å². The molecule has 1 N–H and O–H groups in total. The summed E-state index contributed by atoms with van der Waals surface area (Å²) in [7, 11) is 3.62. The highest BCUT2D eigenvalue weighted by molar-refractivity contribution is 6.17. The van der Waals surface area contributed by atoms with Gasteiger partial charge >= 0.3 is 0 Å². The number of aliphatic hydroxyl groups is 1. The Kier molecular flexibility index (Phi) is 9.51. The number of likely N-dealkylation sites (N-methyl/N-ethyl adjacent to an activating group) is 1. The fraction of sp³-hybridized carbons (Fsp3) is 1.00. The third kappa shape index (κ3) is 9.12. The third-order valence-corrected chi connectivity index (χ3v) is 2.71. The lowest BCUT2D eigenvalue weighted by molar-refractivity contribution is 0.0424. The summed E-state index contributed by atoms with van der Waals surface area (Å²) in [4.78, 5) is 2.13. The van der Waals surface area contributed by atoms with Crippen LogP contribution in [0.1, 0.15) is 19.8 Å². The van der Waals surface area contributed by atoms with Gasteiger partial charge in [-0.25, -0.2) is 0 Å². The number of nitrogens with zero attached hydrogens (tertiary/aromatic N) is 1. The number of rotatable bonds is 9. The van der Waals surface area contributed by atoms with Crippen LogP contribution in [0.3, 0.4) is 0 Å². The van der Waals surface area contributed by atoms with Crippen LogP contribution >= 0.6 is 11.6 Å². The van der Waals surface area contributed by atoms with Crippen LogP contribution in [0.2, 0.25) is 0 Å². The zero-order valence-electron chi connectivity index (χ0n) is 10.1. The molecule has 0 rings (SSSR count). The van der Waals surface area contributed by atoms with Gasteiger partial charge in [0.15, 0.2) is 0 Å². The minimum absolute atomic E-state index is 0.386. The predicted molar refractivity (Wildman–Crippen MR) is 64.5 cm³/mol. The first-order chi connectivity index (χ1) is 7.10. The fourth-order valence-electron chi connectivity index (χ4n) is 1.47. The smallest absolute Gasteiger partial charge is 0.0899 e. The van der Waals surface area contributed by atoms with Crippen LogP contribution < -0.4 is 0 Å². The molecule has 0 aliphatic rings. The molecule has 0 aromatic carbocycles. The first kappa shape index (κ1) is 15.2. The van der Waals surface area contributed by atoms with Gasteiger partial charge in [0.2, 0.25) is 0 Å². The molecule has 0 aliphatic heterocycles. The van der Waals surface area contributed by atoms with Crippen LogP contribution in [0.4, 0.5) is 0 Å². The number of halogens is 1. The summed E-state index contributed by atoms with van der Waals surface area (Å²) in [6.07, 6.45) is 1.81. The van der Waals surface area contributed by atoms with Crippen LogP contribution in [0.5, 0.6) is 0 Å². The summed E-state index contributed by atoms with van der Waals surface area (Å²) in [6, 6.07) is 0. The van der Waals surface area contributed by atoms with Crippen LogP contribution in [0.15, 0.2) is 0 Å². The van der Waals surface area contributed by atoms with Gasteiger partial charge in [-0.05, 0) is 32.4 Å². The average molecular weight is 238 g/mol. The van der Waals surface area contributed by atoms with Crippen molar-refractivity contribution >= 4 is 11.6 Å². The first-order valence-electron chi connectivity index (χ1n) is 5.51. The molecule has 15 heavy (non-hydrogen) atoms. The topological polar surface area (TPSA) is 32.7 Å². The van der Waals surface area contributed by atoms with Crippen LogP contribution in [-0.4, -0.2) is 55.8 Å². The molecule has 4 heteroatoms. The third-order valence-electron chi connectivity index (χ3n) is 2.49. The lowest BCUT2D eigenvalue weighted by Gasteiger charge is -2.21. The van der Waals surface area contributed by atoms with Gasteiger partial charge < -0.3 is 14.7 Å². The molecule has 92 valence electrons. The Morgan fingerprint density at radius 3 is 2.60 bits per heavy atom. The van der Waals surface area contributed by atoms with Crippen molar-refractivity contribution in [1.29, 1.82) is 0 Å². The summed E-state index contributed by atoms with van der Waals surface area (Å²) in [5.41, 5.74) is 0. The summed E-state index contributed by atoms with van der Waals surface area (Å²) in [6.45, 7) is 4.28. The lowest BCUT2D eigenvalue weighted by atomic mass is 10.1. The van der Waals surface area contributed by atoms with Crippen molar-refractivity contribution < 1.29 is 9.84 Å². The van der Waals surface area contributed by atoms with Gasteiger partial charge in [0.25, 0.3) is 0 Å². The van der Waals surface area contributed by atoms with Crippen molar-refractivity contribution in [1.82, 2.24) is 4.90 Å². The zero-order chi connectivity index (χ0) is 11.7. The normalized spacial score (nSPS) is 15.6. The van der Waals surface area contributed by atoms with Crippen molar-refractivity contribution in [3.05, 3.63) is 0 Å². The first-order valence-corrected chi connectivity index (χ1v) is 6.05. The van der Waals surface area contributed by atoms with Gasteiger partial charge in [-0.1, -0.05) is 6.92 Å². The molecule has 0 spiro atoms. The molecule has 0 fully saturated rings. The number of ether oxygens (including phenoxy) is 1. The molecule has 0 saturated heterocycles. The highest BCUT2D eigenvalue weighted by Gasteiger charge is 2.09. The highest BCUT2D eigenvalue weighted by atomic mass is 35.5. The highest BCUT2D eigenvalue weighted by Crippen LogP contribution is 2.08. The summed E-state index contributed by atoms with van der Waals surface area (Å²) in [5, 5.41) is 9.50. The van der Waals surface area contributed by atoms with Gasteiger partial charge in [0, 0.05) is 19.5 Å². The van der Waals surface area contributed by atoms with E-state index < -0.39 is 0 Å². The minimum Gasteiger partial charge on any atom is -0.389 e. The van der Waals surface area contributed by atoms with Gasteiger partial charge in [0.1, 0.15) is 0 Å². The van der Waals surface area contributed by atoms with E-state index in [9.17, 15) is 5.11 Å². The Morgan fingerprint density at radius 2 is 2.07 bits per heavy atom. The average Bonchev–Trinajstić information content (AvgIpc) is 2.15. The van der Waals surface area contributed by atoms with Crippen LogP contribution in [0, 0.1) is 5.92 Å². The summed E-state index contributed by atoms with van der Waals surface area (Å²) < 4.78 is 4.87. The largest absolute Gasteiger partial charge is 0.389 e. The number of methoxy groups -OCH3 is 1. The van der Waals surface area contributed by atoms with Crippen molar-refractivity contribution in [2.24, 2.45) is 5.92 Å². The van der Waals surface area contributed by atoms with Crippen LogP contribution in [-0.2, 0) is 4.74 Å². The second kappa shape index (κ2) is 9.40. The maximum atomic E-state index is 9.50. The van der Waals surface area contributed by atoms with Crippen molar-refractivity contribution in [2.75, 3.05) is 39.7 Å². The molecule has 2 unspecified atom stereocenters. The van der Waals surface area contributed by atoms with Crippen molar-refractivity contribution in [2.45, 2.75) is 25.9 Å². The van der Waals surface area contributed by atoms with E-state index in [1.807, 2.05) is 7.05 Å². The van der Waals surface area contributed by atoms with Crippen molar-refractivity contribution in [3.63, 3.8) is 0 Å². The number of hydrogen-bond donors (Lipinski definition) is 1. The zero-order valence-corrected chi connectivity index (χ0v) is 10.8. The van der Waals surface area contributed by atoms with Gasteiger partial charge in [0.05, 0.1) is 12.7 Å². The molecular weight excluding hydrogens is 214 g/mol. The second-order valence-electron chi connectivity index (χ2n) is 4.24. The van der Waals surface area contributed by atoms with Crippen LogP contribution in [0.25, 0.3) is 0 Å². The van der Waals surface area contributed by atoms with E-state index in [4.69, 9.17) is 16.3 Å². The van der Waals surface area contributed by atoms with Crippen molar-refractivity contribution in [3.8, 4) is 0 Å². The van der Waals surface area contributed by atoms with Gasteiger partial charge in [-0.2, -0.15) is 0 Å². The molecule has 3 nitrogen and oxygen atoms in total. The summed E-state index contributed by atoms with van der Waals surface area (Å²) in [5.74, 6) is 1.39. The Bertz CT molecular complexity index is 147. The number of alkyl halides is 1. The second-order valence-corrected chi connectivity index (χ2v) is 4.62. The van der Waals surface area contributed by atoms with E-state index in [0.29, 0.717) is 19.1 Å². The quantitative estimate of drug-likeness (QED) is 0.618. The maximum absolute atomic E-state index is 9.50. The Labute approximate surface area is 98.4 Å². The molecule has 0 amide bonds. The van der Waals surface area contributed by atoms with Gasteiger partial charge in [-0.3, -0.25) is 0 Å². The van der Waals surface area contributed by atoms with Gasteiger partial charge in [-0.15, -0.1) is 11.6 Å². The SMILES string of the molecule is COCC(O)CN(C)CCC(C)CCCl. The van der Waals surface area contributed by atoms with E-state index in [0.717, 1.165) is 25.3 Å². The molecular formula is C11H24ClNO2. The lowest BCUT2D eigenvalue weighted by Crippen LogP contribution is -2.33. The standard InChI is InChI=1S/C11H24ClNO2/c1-10(4-6-12)5-7-13(2)8-11(14)9-15-3/h10-11,14H,4-9H2,1-3H3. The molecule has 0 radical (unpaired) electrons. The number of hydrogen-bond acceptors (Lipinski definition) is 3. The molecule has 0 heterocycles. The van der Waals surface area contributed by atoms with E-state index in [2.05, 4.69) is 11.8 Å². The molecule has 0 saturated carbocycles. The van der Waals surface area contributed by atoms with E-state index in [1.165, 1.54) is 0 Å². The summed E-state index contributed by atoms with van der Waals surface area (Å²) >= 11 is 5.67. The molecule has 0 aliphatic carbocycles. The predicted octanol–water partition coefficient (Wildman–Crippen LogP) is 1.58. The fourth-order valence-corrected chi connectivity index (χ4v) is 1.84. The number of aliphatic hydroxyl groups excluding tert-OH is 1. The molecule has 0 aromatic heterocycles. The van der Waals surface area contributed by atoms with E-state index in [-0.39, 0.29) is 6.10 Å². The minimum atomic E-state index is -0.386. The van der Waals surface area contributed by atoms with E-state index in [1.54, 1.807) is 7.11 Å². The molecule has 0 aromatic rings. The Hall–Kier alpha value is 0.170. The molecule has 0 bridgehead atoms. The maximum Gasteiger partial charge on any atom is 0.0899 e. The Morgan fingerprint density at radius 1 is 1.40 bits per heavy atom. The monoisotopic (exact) mass is 237 g/mol. The molecule has 2 atom stereocenters. The Balaban J connectivity index is 3.51.